The lowest BCUT2D eigenvalue weighted by Crippen LogP contribution is -2.50. The Morgan fingerprint density at radius 3 is 3.11 bits per heavy atom. The maximum absolute atomic E-state index is 11.5. The first-order valence-electron chi connectivity index (χ1n) is 6.56. The number of fused-ring (bicyclic) bond motifs is 1. The van der Waals surface area contributed by atoms with Crippen LogP contribution in [0.3, 0.4) is 0 Å². The number of likely N-dealkylation sites (tertiary alicyclic amines) is 1. The molecule has 1 saturated heterocycles. The number of carboxylic acid groups (broad SMARTS) is 1. The number of benzene rings is 1. The van der Waals surface area contributed by atoms with E-state index in [1.807, 2.05) is 25.1 Å². The first-order chi connectivity index (χ1) is 9.13. The molecule has 1 aliphatic rings. The van der Waals surface area contributed by atoms with Crippen LogP contribution in [0.4, 0.5) is 4.79 Å². The van der Waals surface area contributed by atoms with Crippen LogP contribution in [-0.2, 0) is 5.54 Å². The Morgan fingerprint density at radius 1 is 1.47 bits per heavy atom. The van der Waals surface area contributed by atoms with E-state index in [-0.39, 0.29) is 0 Å². The van der Waals surface area contributed by atoms with Crippen molar-refractivity contribution < 1.29 is 9.90 Å². The molecule has 1 fully saturated rings. The number of aromatic nitrogens is 2. The molecule has 1 aromatic heterocycles. The van der Waals surface area contributed by atoms with Crippen molar-refractivity contribution in [2.24, 2.45) is 0 Å². The lowest BCUT2D eigenvalue weighted by atomic mass is 9.81. The number of amides is 1. The molecule has 5 nitrogen and oxygen atoms in total. The zero-order chi connectivity index (χ0) is 13.5. The van der Waals surface area contributed by atoms with E-state index in [1.54, 1.807) is 11.2 Å². The summed E-state index contributed by atoms with van der Waals surface area (Å²) in [5.74, 6) is 0. The number of piperidine rings is 1. The zero-order valence-electron chi connectivity index (χ0n) is 10.9. The molecule has 0 saturated carbocycles. The van der Waals surface area contributed by atoms with E-state index in [9.17, 15) is 9.90 Å². The van der Waals surface area contributed by atoms with E-state index in [1.165, 1.54) is 0 Å². The third-order valence-corrected chi connectivity index (χ3v) is 4.16. The van der Waals surface area contributed by atoms with Crippen molar-refractivity contribution >= 4 is 17.1 Å². The second-order valence-corrected chi connectivity index (χ2v) is 5.27. The number of carbonyl (C=O) groups is 1. The molecule has 0 spiro atoms. The van der Waals surface area contributed by atoms with Gasteiger partial charge in [-0.3, -0.25) is 4.90 Å². The second kappa shape index (κ2) is 4.26. The van der Waals surface area contributed by atoms with E-state index >= 15 is 0 Å². The lowest BCUT2D eigenvalue weighted by molar-refractivity contribution is 0.0566. The van der Waals surface area contributed by atoms with Gasteiger partial charge in [0, 0.05) is 12.1 Å². The number of rotatable bonds is 1. The van der Waals surface area contributed by atoms with Crippen LogP contribution in [0.2, 0.25) is 0 Å². The van der Waals surface area contributed by atoms with Gasteiger partial charge in [0.15, 0.2) is 0 Å². The average molecular weight is 259 g/mol. The number of hydrogen-bond donors (Lipinski definition) is 2. The van der Waals surface area contributed by atoms with Crippen LogP contribution in [0.1, 0.15) is 31.7 Å². The van der Waals surface area contributed by atoms with Gasteiger partial charge in [0.2, 0.25) is 0 Å². The van der Waals surface area contributed by atoms with Gasteiger partial charge in [-0.2, -0.15) is 0 Å². The molecule has 3 rings (SSSR count). The summed E-state index contributed by atoms with van der Waals surface area (Å²) in [6, 6.07) is 5.88. The fraction of sp³-hybridized carbons (Fsp3) is 0.429. The van der Waals surface area contributed by atoms with Crippen LogP contribution < -0.4 is 0 Å². The number of hydrogen-bond acceptors (Lipinski definition) is 2. The fourth-order valence-corrected chi connectivity index (χ4v) is 3.12. The monoisotopic (exact) mass is 259 g/mol. The summed E-state index contributed by atoms with van der Waals surface area (Å²) >= 11 is 0. The van der Waals surface area contributed by atoms with Crippen molar-refractivity contribution in [2.75, 3.05) is 6.54 Å². The van der Waals surface area contributed by atoms with Crippen molar-refractivity contribution in [3.63, 3.8) is 0 Å². The minimum absolute atomic E-state index is 0.476. The Hall–Kier alpha value is -2.04. The molecule has 1 aromatic carbocycles. The van der Waals surface area contributed by atoms with Gasteiger partial charge in [-0.15, -0.1) is 0 Å². The van der Waals surface area contributed by atoms with Crippen LogP contribution in [0.15, 0.2) is 24.5 Å². The zero-order valence-corrected chi connectivity index (χ0v) is 10.9. The van der Waals surface area contributed by atoms with E-state index in [0.717, 1.165) is 35.9 Å². The predicted octanol–water partition coefficient (Wildman–Crippen LogP) is 2.94. The standard InChI is InChI=1S/C14H17N3O2/c1-14(7-2-3-8-17(14)13(18)19)10-5-4-6-11-12(10)16-9-15-11/h4-6,9H,2-3,7-8H2,1H3,(H,15,16)(H,18,19). The van der Waals surface area contributed by atoms with Crippen molar-refractivity contribution in [1.29, 1.82) is 0 Å². The highest BCUT2D eigenvalue weighted by atomic mass is 16.4. The van der Waals surface area contributed by atoms with Gasteiger partial charge in [0.05, 0.1) is 22.9 Å². The van der Waals surface area contributed by atoms with Gasteiger partial charge in [-0.1, -0.05) is 12.1 Å². The molecule has 100 valence electrons. The summed E-state index contributed by atoms with van der Waals surface area (Å²) in [6.07, 6.45) is 3.63. The molecule has 0 radical (unpaired) electrons. The smallest absolute Gasteiger partial charge is 0.408 e. The number of nitrogens with zero attached hydrogens (tertiary/aromatic N) is 2. The van der Waals surface area contributed by atoms with E-state index < -0.39 is 11.6 Å². The fourth-order valence-electron chi connectivity index (χ4n) is 3.12. The summed E-state index contributed by atoms with van der Waals surface area (Å²) in [5, 5.41) is 9.46. The third-order valence-electron chi connectivity index (χ3n) is 4.16. The summed E-state index contributed by atoms with van der Waals surface area (Å²) < 4.78 is 0. The minimum Gasteiger partial charge on any atom is -0.465 e. The Balaban J connectivity index is 2.16. The Bertz CT molecular complexity index is 622. The summed E-state index contributed by atoms with van der Waals surface area (Å²) in [4.78, 5) is 20.5. The summed E-state index contributed by atoms with van der Waals surface area (Å²) in [6.45, 7) is 2.60. The molecule has 2 N–H and O–H groups in total. The molecule has 2 aromatic rings. The number of aromatic amines is 1. The predicted molar refractivity (Wildman–Crippen MR) is 72.0 cm³/mol. The molecule has 5 heteroatoms. The highest BCUT2D eigenvalue weighted by molar-refractivity contribution is 5.80. The first-order valence-corrected chi connectivity index (χ1v) is 6.56. The molecular formula is C14H17N3O2. The van der Waals surface area contributed by atoms with E-state index in [0.29, 0.717) is 6.54 Å². The molecule has 1 aliphatic heterocycles. The molecule has 1 unspecified atom stereocenters. The van der Waals surface area contributed by atoms with Gasteiger partial charge >= 0.3 is 6.09 Å². The van der Waals surface area contributed by atoms with Gasteiger partial charge < -0.3 is 10.1 Å². The number of nitrogens with one attached hydrogen (secondary N) is 1. The van der Waals surface area contributed by atoms with Crippen molar-refractivity contribution in [3.8, 4) is 0 Å². The van der Waals surface area contributed by atoms with Gasteiger partial charge in [0.25, 0.3) is 0 Å². The largest absolute Gasteiger partial charge is 0.465 e. The molecule has 1 amide bonds. The average Bonchev–Trinajstić information content (AvgIpc) is 2.86. The van der Waals surface area contributed by atoms with Crippen molar-refractivity contribution in [3.05, 3.63) is 30.1 Å². The highest BCUT2D eigenvalue weighted by Gasteiger charge is 2.40. The second-order valence-electron chi connectivity index (χ2n) is 5.27. The molecule has 0 bridgehead atoms. The van der Waals surface area contributed by atoms with Crippen LogP contribution in [0.5, 0.6) is 0 Å². The van der Waals surface area contributed by atoms with Crippen LogP contribution >= 0.6 is 0 Å². The third kappa shape index (κ3) is 1.77. The van der Waals surface area contributed by atoms with E-state index in [2.05, 4.69) is 9.97 Å². The van der Waals surface area contributed by atoms with Crippen LogP contribution in [0.25, 0.3) is 11.0 Å². The highest BCUT2D eigenvalue weighted by Crippen LogP contribution is 2.39. The summed E-state index contributed by atoms with van der Waals surface area (Å²) in [7, 11) is 0. The van der Waals surface area contributed by atoms with Gasteiger partial charge in [0.1, 0.15) is 0 Å². The number of H-pyrrole nitrogens is 1. The number of imidazole rings is 1. The molecular weight excluding hydrogens is 242 g/mol. The normalized spacial score (nSPS) is 23.7. The van der Waals surface area contributed by atoms with Crippen molar-refractivity contribution in [1.82, 2.24) is 14.9 Å². The molecule has 2 heterocycles. The molecule has 1 atom stereocenters. The molecule has 0 aliphatic carbocycles. The molecule has 19 heavy (non-hydrogen) atoms. The Kier molecular flexibility index (Phi) is 2.69. The maximum Gasteiger partial charge on any atom is 0.408 e. The summed E-state index contributed by atoms with van der Waals surface area (Å²) in [5.41, 5.74) is 2.37. The first kappa shape index (κ1) is 12.0. The van der Waals surface area contributed by atoms with E-state index in [4.69, 9.17) is 0 Å². The Labute approximate surface area is 111 Å². The van der Waals surface area contributed by atoms with Crippen LogP contribution in [0, 0.1) is 0 Å². The minimum atomic E-state index is -0.848. The van der Waals surface area contributed by atoms with Crippen molar-refractivity contribution in [2.45, 2.75) is 31.7 Å². The number of para-hydroxylation sites is 1. The maximum atomic E-state index is 11.5. The van der Waals surface area contributed by atoms with Crippen LogP contribution in [-0.4, -0.2) is 32.6 Å². The van der Waals surface area contributed by atoms with Gasteiger partial charge in [-0.25, -0.2) is 9.78 Å². The lowest BCUT2D eigenvalue weighted by Gasteiger charge is -2.43. The van der Waals surface area contributed by atoms with Gasteiger partial charge in [-0.05, 0) is 32.3 Å². The quantitative estimate of drug-likeness (QED) is 0.827. The SMILES string of the molecule is CC1(c2cccc3nc[nH]c23)CCCCN1C(=O)O. The topological polar surface area (TPSA) is 69.2 Å². The Morgan fingerprint density at radius 2 is 2.32 bits per heavy atom.